The molecule has 0 heterocycles. The summed E-state index contributed by atoms with van der Waals surface area (Å²) < 4.78 is 1.15. The molecular formula is C13H21BrN2. The molecule has 0 spiro atoms. The highest BCUT2D eigenvalue weighted by Gasteiger charge is 2.03. The Hall–Kier alpha value is -0.380. The van der Waals surface area contributed by atoms with Crippen molar-refractivity contribution in [2.75, 3.05) is 20.1 Å². The Labute approximate surface area is 107 Å². The number of benzene rings is 1. The average Bonchev–Trinajstić information content (AvgIpc) is 2.28. The van der Waals surface area contributed by atoms with E-state index >= 15 is 0 Å². The van der Waals surface area contributed by atoms with Crippen LogP contribution in [0.15, 0.2) is 28.7 Å². The SMILES string of the molecule is CCC(CNC)CNCc1cccc(Br)c1. The molecule has 0 amide bonds. The van der Waals surface area contributed by atoms with E-state index in [1.165, 1.54) is 12.0 Å². The summed E-state index contributed by atoms with van der Waals surface area (Å²) in [5, 5.41) is 6.73. The lowest BCUT2D eigenvalue weighted by atomic mass is 10.1. The Balaban J connectivity index is 2.29. The van der Waals surface area contributed by atoms with Crippen molar-refractivity contribution in [1.82, 2.24) is 10.6 Å². The minimum absolute atomic E-state index is 0.720. The van der Waals surface area contributed by atoms with E-state index in [9.17, 15) is 0 Å². The third kappa shape index (κ3) is 5.10. The molecule has 0 bridgehead atoms. The Morgan fingerprint density at radius 3 is 2.75 bits per heavy atom. The molecule has 0 aliphatic rings. The fraction of sp³-hybridized carbons (Fsp3) is 0.538. The molecule has 90 valence electrons. The van der Waals surface area contributed by atoms with Crippen LogP contribution in [0.1, 0.15) is 18.9 Å². The van der Waals surface area contributed by atoms with Crippen molar-refractivity contribution in [2.24, 2.45) is 5.92 Å². The van der Waals surface area contributed by atoms with Crippen LogP contribution in [-0.4, -0.2) is 20.1 Å². The topological polar surface area (TPSA) is 24.1 Å². The van der Waals surface area contributed by atoms with E-state index in [2.05, 4.69) is 57.8 Å². The summed E-state index contributed by atoms with van der Waals surface area (Å²) in [5.74, 6) is 0.720. The lowest BCUT2D eigenvalue weighted by Gasteiger charge is -2.15. The fourth-order valence-corrected chi connectivity index (χ4v) is 2.16. The zero-order chi connectivity index (χ0) is 11.8. The highest BCUT2D eigenvalue weighted by molar-refractivity contribution is 9.10. The summed E-state index contributed by atoms with van der Waals surface area (Å²) in [6, 6.07) is 8.44. The fourth-order valence-electron chi connectivity index (χ4n) is 1.72. The van der Waals surface area contributed by atoms with E-state index in [-0.39, 0.29) is 0 Å². The van der Waals surface area contributed by atoms with Crippen molar-refractivity contribution in [3.05, 3.63) is 34.3 Å². The van der Waals surface area contributed by atoms with Gasteiger partial charge in [-0.2, -0.15) is 0 Å². The van der Waals surface area contributed by atoms with Gasteiger partial charge in [0.25, 0.3) is 0 Å². The van der Waals surface area contributed by atoms with Crippen molar-refractivity contribution in [2.45, 2.75) is 19.9 Å². The second-order valence-corrected chi connectivity index (χ2v) is 5.01. The minimum Gasteiger partial charge on any atom is -0.319 e. The molecule has 1 aromatic rings. The molecule has 1 rings (SSSR count). The maximum Gasteiger partial charge on any atom is 0.0206 e. The van der Waals surface area contributed by atoms with Crippen molar-refractivity contribution in [3.63, 3.8) is 0 Å². The molecule has 0 saturated heterocycles. The van der Waals surface area contributed by atoms with Crippen LogP contribution in [0.25, 0.3) is 0 Å². The van der Waals surface area contributed by atoms with E-state index in [4.69, 9.17) is 0 Å². The molecule has 2 N–H and O–H groups in total. The van der Waals surface area contributed by atoms with E-state index in [1.807, 2.05) is 7.05 Å². The third-order valence-electron chi connectivity index (χ3n) is 2.72. The van der Waals surface area contributed by atoms with Crippen molar-refractivity contribution >= 4 is 15.9 Å². The molecular weight excluding hydrogens is 264 g/mol. The summed E-state index contributed by atoms with van der Waals surface area (Å²) in [6.07, 6.45) is 1.21. The zero-order valence-corrected chi connectivity index (χ0v) is 11.7. The van der Waals surface area contributed by atoms with Gasteiger partial charge in [0.15, 0.2) is 0 Å². The number of rotatable bonds is 7. The van der Waals surface area contributed by atoms with Gasteiger partial charge >= 0.3 is 0 Å². The molecule has 0 fully saturated rings. The normalized spacial score (nSPS) is 12.7. The van der Waals surface area contributed by atoms with Crippen LogP contribution in [0.4, 0.5) is 0 Å². The Bertz CT molecular complexity index is 302. The van der Waals surface area contributed by atoms with Crippen molar-refractivity contribution < 1.29 is 0 Å². The van der Waals surface area contributed by atoms with E-state index in [1.54, 1.807) is 0 Å². The number of hydrogen-bond acceptors (Lipinski definition) is 2. The zero-order valence-electron chi connectivity index (χ0n) is 10.1. The van der Waals surface area contributed by atoms with E-state index < -0.39 is 0 Å². The van der Waals surface area contributed by atoms with Gasteiger partial charge in [0.2, 0.25) is 0 Å². The highest BCUT2D eigenvalue weighted by atomic mass is 79.9. The molecule has 3 heteroatoms. The van der Waals surface area contributed by atoms with Crippen molar-refractivity contribution in [1.29, 1.82) is 0 Å². The summed E-state index contributed by atoms with van der Waals surface area (Å²) in [6.45, 7) is 5.34. The smallest absolute Gasteiger partial charge is 0.0206 e. The maximum absolute atomic E-state index is 3.50. The average molecular weight is 285 g/mol. The molecule has 0 radical (unpaired) electrons. The van der Waals surface area contributed by atoms with Gasteiger partial charge in [-0.05, 0) is 43.8 Å². The molecule has 0 aromatic heterocycles. The van der Waals surface area contributed by atoms with Gasteiger partial charge in [0, 0.05) is 11.0 Å². The lowest BCUT2D eigenvalue weighted by Crippen LogP contribution is -2.29. The Morgan fingerprint density at radius 1 is 1.31 bits per heavy atom. The summed E-state index contributed by atoms with van der Waals surface area (Å²) in [7, 11) is 2.01. The van der Waals surface area contributed by atoms with Crippen LogP contribution >= 0.6 is 15.9 Å². The summed E-state index contributed by atoms with van der Waals surface area (Å²) in [4.78, 5) is 0. The van der Waals surface area contributed by atoms with Gasteiger partial charge in [0.05, 0.1) is 0 Å². The van der Waals surface area contributed by atoms with Crippen LogP contribution < -0.4 is 10.6 Å². The number of halogens is 1. The number of hydrogen-bond donors (Lipinski definition) is 2. The van der Waals surface area contributed by atoms with Gasteiger partial charge in [-0.3, -0.25) is 0 Å². The number of nitrogens with one attached hydrogen (secondary N) is 2. The standard InChI is InChI=1S/C13H21BrN2/c1-3-11(8-15-2)9-16-10-12-5-4-6-13(14)7-12/h4-7,11,15-16H,3,8-10H2,1-2H3. The van der Waals surface area contributed by atoms with Crippen LogP contribution in [0, 0.1) is 5.92 Å². The highest BCUT2D eigenvalue weighted by Crippen LogP contribution is 2.11. The lowest BCUT2D eigenvalue weighted by molar-refractivity contribution is 0.445. The van der Waals surface area contributed by atoms with E-state index in [0.29, 0.717) is 0 Å². The molecule has 1 atom stereocenters. The molecule has 0 aliphatic heterocycles. The molecule has 0 saturated carbocycles. The molecule has 2 nitrogen and oxygen atoms in total. The second-order valence-electron chi connectivity index (χ2n) is 4.09. The van der Waals surface area contributed by atoms with Gasteiger partial charge in [-0.25, -0.2) is 0 Å². The first-order valence-electron chi connectivity index (χ1n) is 5.86. The Morgan fingerprint density at radius 2 is 2.12 bits per heavy atom. The second kappa shape index (κ2) is 7.82. The van der Waals surface area contributed by atoms with Crippen LogP contribution in [0.3, 0.4) is 0 Å². The Kier molecular flexibility index (Phi) is 6.69. The quantitative estimate of drug-likeness (QED) is 0.805. The van der Waals surface area contributed by atoms with Gasteiger partial charge in [0.1, 0.15) is 0 Å². The van der Waals surface area contributed by atoms with Crippen LogP contribution in [0.5, 0.6) is 0 Å². The summed E-state index contributed by atoms with van der Waals surface area (Å²) in [5.41, 5.74) is 1.33. The molecule has 1 aromatic carbocycles. The molecule has 0 aliphatic carbocycles. The first-order chi connectivity index (χ1) is 7.76. The first-order valence-corrected chi connectivity index (χ1v) is 6.65. The maximum atomic E-state index is 3.50. The monoisotopic (exact) mass is 284 g/mol. The van der Waals surface area contributed by atoms with E-state index in [0.717, 1.165) is 30.0 Å². The predicted molar refractivity (Wildman–Crippen MR) is 73.6 cm³/mol. The van der Waals surface area contributed by atoms with Crippen LogP contribution in [-0.2, 0) is 6.54 Å². The molecule has 16 heavy (non-hydrogen) atoms. The van der Waals surface area contributed by atoms with Crippen LogP contribution in [0.2, 0.25) is 0 Å². The predicted octanol–water partition coefficient (Wildman–Crippen LogP) is 2.78. The first kappa shape index (κ1) is 13.7. The van der Waals surface area contributed by atoms with Gasteiger partial charge in [-0.1, -0.05) is 41.4 Å². The third-order valence-corrected chi connectivity index (χ3v) is 3.21. The largest absolute Gasteiger partial charge is 0.319 e. The minimum atomic E-state index is 0.720. The van der Waals surface area contributed by atoms with Gasteiger partial charge < -0.3 is 10.6 Å². The van der Waals surface area contributed by atoms with Crippen molar-refractivity contribution in [3.8, 4) is 0 Å². The van der Waals surface area contributed by atoms with Gasteiger partial charge in [-0.15, -0.1) is 0 Å². The summed E-state index contributed by atoms with van der Waals surface area (Å²) >= 11 is 3.48. The molecule has 1 unspecified atom stereocenters.